The number of rotatable bonds is 3. The summed E-state index contributed by atoms with van der Waals surface area (Å²) in [6.45, 7) is 27.1. The molecule has 3 aliphatic heterocycles. The number of nitrogens with zero attached hydrogens (tertiary/aromatic N) is 3. The Hall–Kier alpha value is -6.57. The Morgan fingerprint density at radius 2 is 0.797 bits per heavy atom. The van der Waals surface area contributed by atoms with E-state index in [1.165, 1.54) is 32.0 Å². The van der Waals surface area contributed by atoms with Gasteiger partial charge in [-0.15, -0.1) is 0 Å². The Morgan fingerprint density at radius 1 is 0.391 bits per heavy atom. The van der Waals surface area contributed by atoms with Gasteiger partial charge in [0.05, 0.1) is 28.4 Å². The van der Waals surface area contributed by atoms with Gasteiger partial charge in [0, 0.05) is 54.4 Å². The normalized spacial score (nSPS) is 14.5. The molecule has 0 unspecified atom stereocenters. The Morgan fingerprint density at radius 3 is 1.19 bits per heavy atom. The van der Waals surface area contributed by atoms with Crippen LogP contribution in [0.1, 0.15) is 105 Å². The number of para-hydroxylation sites is 4. The lowest BCUT2D eigenvalue weighted by atomic mass is 9.37. The minimum atomic E-state index is -0.360. The standard InChI is InChI=1S/C62H60BN3O2S/c1-59(2,3)37-27-31-39(32-28-37)65-48-35-41(64-46-23-13-15-25-50(46)69-51-26-16-14-24-47(51)64)36-49-52(48)63(57-53(65)42-19-17-21-44(55(42)67-57)61(7,8)9)58-54(43-20-18-22-45(56(43)68-58)62(10,11)12)66(49)40-33-29-38(30-34-40)60(4,5)6/h13-36H,1-12H3. The van der Waals surface area contributed by atoms with Crippen molar-refractivity contribution in [3.63, 3.8) is 0 Å². The van der Waals surface area contributed by atoms with Crippen LogP contribution in [-0.2, 0) is 21.7 Å². The predicted octanol–water partition coefficient (Wildman–Crippen LogP) is 16.4. The monoisotopic (exact) mass is 921 g/mol. The number of hydrogen-bond acceptors (Lipinski definition) is 6. The van der Waals surface area contributed by atoms with Crippen molar-refractivity contribution >= 4 is 108 Å². The molecule has 5 nitrogen and oxygen atoms in total. The minimum absolute atomic E-state index is 0.0145. The summed E-state index contributed by atoms with van der Waals surface area (Å²) in [6.07, 6.45) is 0. The van der Waals surface area contributed by atoms with Gasteiger partial charge in [-0.2, -0.15) is 0 Å². The van der Waals surface area contributed by atoms with Crippen molar-refractivity contribution in [3.05, 3.63) is 168 Å². The van der Waals surface area contributed by atoms with Crippen molar-refractivity contribution in [2.24, 2.45) is 0 Å². The zero-order chi connectivity index (χ0) is 48.1. The van der Waals surface area contributed by atoms with E-state index in [9.17, 15) is 0 Å². The van der Waals surface area contributed by atoms with Crippen LogP contribution >= 0.6 is 11.8 Å². The molecule has 12 rings (SSSR count). The van der Waals surface area contributed by atoms with Gasteiger partial charge < -0.3 is 23.5 Å². The molecule has 2 aromatic heterocycles. The molecule has 69 heavy (non-hydrogen) atoms. The molecule has 0 radical (unpaired) electrons. The molecule has 0 saturated carbocycles. The second kappa shape index (κ2) is 15.0. The van der Waals surface area contributed by atoms with Gasteiger partial charge in [0.2, 0.25) is 0 Å². The zero-order valence-electron chi connectivity index (χ0n) is 42.0. The van der Waals surface area contributed by atoms with Gasteiger partial charge in [0.1, 0.15) is 22.5 Å². The molecule has 0 atom stereocenters. The van der Waals surface area contributed by atoms with Crippen molar-refractivity contribution < 1.29 is 8.83 Å². The SMILES string of the molecule is CC(C)(C)c1ccc(N2c3cc(N4c5ccccc5Sc5ccccc54)cc4c3B(c3oc5c(C(C)(C)C)cccc5c32)c2oc3c(C(C)(C)C)cccc3c2N4c2ccc(C(C)(C)C)cc2)cc1. The van der Waals surface area contributed by atoms with E-state index in [2.05, 4.69) is 243 Å². The van der Waals surface area contributed by atoms with Crippen LogP contribution in [0.15, 0.2) is 164 Å². The fraction of sp³-hybridized carbons (Fsp3) is 0.258. The molecular formula is C62H60BN3O2S. The molecule has 0 N–H and O–H groups in total. The van der Waals surface area contributed by atoms with Crippen LogP contribution in [-0.4, -0.2) is 6.71 Å². The summed E-state index contributed by atoms with van der Waals surface area (Å²) in [5, 5.41) is 2.18. The Labute approximate surface area is 412 Å². The van der Waals surface area contributed by atoms with Crippen LogP contribution in [0, 0.1) is 0 Å². The first-order chi connectivity index (χ1) is 32.8. The molecule has 7 heteroatoms. The van der Waals surface area contributed by atoms with Gasteiger partial charge in [-0.05, 0) is 111 Å². The van der Waals surface area contributed by atoms with E-state index in [0.29, 0.717) is 0 Å². The molecule has 9 aromatic rings. The first kappa shape index (κ1) is 43.7. The van der Waals surface area contributed by atoms with Crippen LogP contribution in [0.5, 0.6) is 0 Å². The second-order valence-corrected chi connectivity index (χ2v) is 24.5. The van der Waals surface area contributed by atoms with Gasteiger partial charge in [0.15, 0.2) is 0 Å². The van der Waals surface area contributed by atoms with E-state index >= 15 is 0 Å². The molecule has 3 aliphatic rings. The lowest BCUT2D eigenvalue weighted by molar-refractivity contribution is 0.566. The average Bonchev–Trinajstić information content (AvgIpc) is 3.89. The summed E-state index contributed by atoms with van der Waals surface area (Å²) in [5.41, 5.74) is 19.2. The smallest absolute Gasteiger partial charge is 0.342 e. The quantitative estimate of drug-likeness (QED) is 0.164. The van der Waals surface area contributed by atoms with Gasteiger partial charge in [-0.3, -0.25) is 0 Å². The topological polar surface area (TPSA) is 36.0 Å². The van der Waals surface area contributed by atoms with Crippen LogP contribution in [0.4, 0.5) is 51.2 Å². The molecule has 7 aromatic carbocycles. The van der Waals surface area contributed by atoms with Crippen LogP contribution in [0.3, 0.4) is 0 Å². The third-order valence-electron chi connectivity index (χ3n) is 14.6. The molecule has 5 heterocycles. The Bertz CT molecular complexity index is 3310. The first-order valence-electron chi connectivity index (χ1n) is 24.5. The summed E-state index contributed by atoms with van der Waals surface area (Å²) < 4.78 is 15.2. The van der Waals surface area contributed by atoms with E-state index < -0.39 is 0 Å². The van der Waals surface area contributed by atoms with Gasteiger partial charge >= 0.3 is 6.71 Å². The number of fused-ring (bicyclic) bond motifs is 10. The van der Waals surface area contributed by atoms with Gasteiger partial charge in [-0.1, -0.05) is 168 Å². The molecule has 344 valence electrons. The molecule has 0 aliphatic carbocycles. The fourth-order valence-corrected chi connectivity index (χ4v) is 12.1. The number of anilines is 9. The molecular weight excluding hydrogens is 862 g/mol. The third-order valence-corrected chi connectivity index (χ3v) is 15.7. The highest BCUT2D eigenvalue weighted by molar-refractivity contribution is 7.99. The molecule has 0 amide bonds. The Kier molecular flexibility index (Phi) is 9.48. The second-order valence-electron chi connectivity index (χ2n) is 23.5. The third kappa shape index (κ3) is 6.74. The predicted molar refractivity (Wildman–Crippen MR) is 294 cm³/mol. The van der Waals surface area contributed by atoms with Crippen LogP contribution in [0.2, 0.25) is 0 Å². The van der Waals surface area contributed by atoms with E-state index in [0.717, 1.165) is 89.9 Å². The lowest BCUT2D eigenvalue weighted by Gasteiger charge is -2.42. The Balaban J connectivity index is 1.26. The van der Waals surface area contributed by atoms with Crippen molar-refractivity contribution in [2.75, 3.05) is 14.7 Å². The van der Waals surface area contributed by atoms with Crippen LogP contribution in [0.25, 0.3) is 21.9 Å². The largest absolute Gasteiger partial charge is 0.468 e. The van der Waals surface area contributed by atoms with Crippen molar-refractivity contribution in [3.8, 4) is 0 Å². The van der Waals surface area contributed by atoms with Crippen molar-refractivity contribution in [1.29, 1.82) is 0 Å². The lowest BCUT2D eigenvalue weighted by Crippen LogP contribution is -2.60. The maximum Gasteiger partial charge on any atom is 0.342 e. The van der Waals surface area contributed by atoms with Crippen LogP contribution < -0.4 is 31.5 Å². The highest BCUT2D eigenvalue weighted by atomic mass is 32.2. The van der Waals surface area contributed by atoms with Gasteiger partial charge in [0.25, 0.3) is 0 Å². The highest BCUT2D eigenvalue weighted by Gasteiger charge is 2.51. The van der Waals surface area contributed by atoms with Crippen molar-refractivity contribution in [1.82, 2.24) is 0 Å². The summed E-state index contributed by atoms with van der Waals surface area (Å²) in [4.78, 5) is 9.94. The highest BCUT2D eigenvalue weighted by Crippen LogP contribution is 2.56. The summed E-state index contributed by atoms with van der Waals surface area (Å²) in [6, 6.07) is 54.5. The van der Waals surface area contributed by atoms with E-state index in [1.54, 1.807) is 0 Å². The zero-order valence-corrected chi connectivity index (χ0v) is 42.8. The number of furan rings is 2. The molecule has 0 saturated heterocycles. The summed E-state index contributed by atoms with van der Waals surface area (Å²) >= 11 is 1.84. The van der Waals surface area contributed by atoms with E-state index in [1.807, 2.05) is 11.8 Å². The molecule has 0 spiro atoms. The van der Waals surface area contributed by atoms with E-state index in [-0.39, 0.29) is 28.4 Å². The average molecular weight is 922 g/mol. The van der Waals surface area contributed by atoms with Gasteiger partial charge in [-0.25, -0.2) is 0 Å². The summed E-state index contributed by atoms with van der Waals surface area (Å²) in [5.74, 6) is 0. The molecule has 0 fully saturated rings. The maximum absolute atomic E-state index is 7.58. The maximum atomic E-state index is 7.58. The minimum Gasteiger partial charge on any atom is -0.468 e. The van der Waals surface area contributed by atoms with E-state index in [4.69, 9.17) is 8.83 Å². The number of hydrogen-bond donors (Lipinski definition) is 0. The first-order valence-corrected chi connectivity index (χ1v) is 25.4. The fourth-order valence-electron chi connectivity index (χ4n) is 11.0. The molecule has 0 bridgehead atoms. The summed E-state index contributed by atoms with van der Waals surface area (Å²) in [7, 11) is 0. The number of benzene rings is 7. The van der Waals surface area contributed by atoms with Crippen molar-refractivity contribution in [2.45, 2.75) is 115 Å².